The first-order valence-corrected chi connectivity index (χ1v) is 8.67. The van der Waals surface area contributed by atoms with Gasteiger partial charge in [0.1, 0.15) is 24.7 Å². The lowest BCUT2D eigenvalue weighted by atomic mass is 10.0. The predicted octanol–water partition coefficient (Wildman–Crippen LogP) is 4.77. The number of nitrogens with one attached hydrogen (secondary N) is 2. The smallest absolute Gasteiger partial charge is 0.418 e. The molecule has 3 heterocycles. The Kier molecular flexibility index (Phi) is 3.50. The second kappa shape index (κ2) is 5.80. The molecular weight excluding hydrogens is 359 g/mol. The number of ether oxygens (including phenoxy) is 2. The Morgan fingerprint density at radius 2 is 2.04 bits per heavy atom. The van der Waals surface area contributed by atoms with Gasteiger partial charge in [0.15, 0.2) is 11.5 Å². The topological polar surface area (TPSA) is 59.2 Å². The molecule has 1 radical (unpaired) electrons. The van der Waals surface area contributed by atoms with Gasteiger partial charge in [0, 0.05) is 17.6 Å². The van der Waals surface area contributed by atoms with Gasteiger partial charge in [0.05, 0.1) is 11.3 Å². The van der Waals surface area contributed by atoms with E-state index >= 15 is 0 Å². The minimum Gasteiger partial charge on any atom is -0.485 e. The molecule has 5 nitrogen and oxygen atoms in total. The lowest BCUT2D eigenvalue weighted by Gasteiger charge is -2.21. The predicted molar refractivity (Wildman–Crippen MR) is 92.6 cm³/mol. The van der Waals surface area contributed by atoms with Crippen LogP contribution >= 0.6 is 0 Å². The summed E-state index contributed by atoms with van der Waals surface area (Å²) in [5.74, 6) is 1.63. The summed E-state index contributed by atoms with van der Waals surface area (Å²) in [7, 11) is 0. The van der Waals surface area contributed by atoms with E-state index in [-0.39, 0.29) is 17.0 Å². The van der Waals surface area contributed by atoms with Crippen LogP contribution in [0.25, 0.3) is 11.0 Å². The van der Waals surface area contributed by atoms with Crippen molar-refractivity contribution in [3.8, 4) is 11.5 Å². The molecule has 0 bridgehead atoms. The van der Waals surface area contributed by atoms with E-state index in [0.29, 0.717) is 41.8 Å². The van der Waals surface area contributed by atoms with Gasteiger partial charge >= 0.3 is 6.18 Å². The maximum atomic E-state index is 13.4. The van der Waals surface area contributed by atoms with Gasteiger partial charge in [-0.15, -0.1) is 0 Å². The SMILES string of the molecule is FC(F)(F)c1c[nH]c2nc(Nc3cc[c]c4c3OCCO4)cc(C3CC3)c12. The molecule has 1 aromatic carbocycles. The van der Waals surface area contributed by atoms with Crippen molar-refractivity contribution in [2.75, 3.05) is 18.5 Å². The van der Waals surface area contributed by atoms with Crippen LogP contribution in [0.4, 0.5) is 24.7 Å². The number of aromatic amines is 1. The van der Waals surface area contributed by atoms with Crippen molar-refractivity contribution in [2.24, 2.45) is 0 Å². The molecule has 139 valence electrons. The summed E-state index contributed by atoms with van der Waals surface area (Å²) < 4.78 is 51.2. The van der Waals surface area contributed by atoms with Gasteiger partial charge < -0.3 is 19.8 Å². The second-order valence-electron chi connectivity index (χ2n) is 6.67. The molecule has 5 rings (SSSR count). The number of benzene rings is 1. The molecule has 0 spiro atoms. The maximum Gasteiger partial charge on any atom is 0.418 e. The summed E-state index contributed by atoms with van der Waals surface area (Å²) in [6.07, 6.45) is -1.66. The van der Waals surface area contributed by atoms with Crippen molar-refractivity contribution >= 4 is 22.5 Å². The number of halogens is 3. The van der Waals surface area contributed by atoms with Gasteiger partial charge in [-0.3, -0.25) is 0 Å². The molecule has 1 fully saturated rings. The number of fused-ring (bicyclic) bond motifs is 2. The lowest BCUT2D eigenvalue weighted by Crippen LogP contribution is -2.16. The van der Waals surface area contributed by atoms with E-state index < -0.39 is 11.7 Å². The Bertz CT molecular complexity index is 1020. The largest absolute Gasteiger partial charge is 0.485 e. The highest BCUT2D eigenvalue weighted by atomic mass is 19.4. The highest BCUT2D eigenvalue weighted by Gasteiger charge is 2.37. The molecule has 3 aromatic rings. The highest BCUT2D eigenvalue weighted by molar-refractivity contribution is 5.87. The molecule has 2 aromatic heterocycles. The van der Waals surface area contributed by atoms with E-state index in [1.54, 1.807) is 18.2 Å². The van der Waals surface area contributed by atoms with E-state index in [1.165, 1.54) is 0 Å². The Balaban J connectivity index is 1.59. The highest BCUT2D eigenvalue weighted by Crippen LogP contribution is 2.47. The Morgan fingerprint density at radius 3 is 2.81 bits per heavy atom. The molecule has 0 saturated heterocycles. The van der Waals surface area contributed by atoms with E-state index in [0.717, 1.165) is 19.0 Å². The van der Waals surface area contributed by atoms with E-state index in [4.69, 9.17) is 9.47 Å². The van der Waals surface area contributed by atoms with Crippen LogP contribution in [0.2, 0.25) is 0 Å². The van der Waals surface area contributed by atoms with Crippen LogP contribution < -0.4 is 14.8 Å². The fourth-order valence-corrected chi connectivity index (χ4v) is 3.41. The van der Waals surface area contributed by atoms with Crippen LogP contribution in [0.5, 0.6) is 11.5 Å². The number of H-pyrrole nitrogens is 1. The fraction of sp³-hybridized carbons (Fsp3) is 0.316. The molecule has 1 aliphatic carbocycles. The van der Waals surface area contributed by atoms with E-state index in [2.05, 4.69) is 21.4 Å². The van der Waals surface area contributed by atoms with Crippen LogP contribution in [0.15, 0.2) is 24.4 Å². The zero-order valence-electron chi connectivity index (χ0n) is 14.1. The molecule has 1 saturated carbocycles. The van der Waals surface area contributed by atoms with Gasteiger partial charge in [-0.2, -0.15) is 13.2 Å². The average molecular weight is 374 g/mol. The molecule has 1 aliphatic heterocycles. The normalized spacial score (nSPS) is 16.6. The molecule has 0 unspecified atom stereocenters. The van der Waals surface area contributed by atoms with Crippen LogP contribution in [0.1, 0.15) is 29.9 Å². The third kappa shape index (κ3) is 2.85. The molecule has 2 aliphatic rings. The van der Waals surface area contributed by atoms with Crippen LogP contribution in [0, 0.1) is 6.07 Å². The second-order valence-corrected chi connectivity index (χ2v) is 6.67. The van der Waals surface area contributed by atoms with Gasteiger partial charge in [-0.1, -0.05) is 0 Å². The van der Waals surface area contributed by atoms with Crippen molar-refractivity contribution in [1.82, 2.24) is 9.97 Å². The van der Waals surface area contributed by atoms with E-state index in [1.807, 2.05) is 0 Å². The Labute approximate surface area is 152 Å². The number of alkyl halides is 3. The molecular formula is C19H15F3N3O2. The molecule has 27 heavy (non-hydrogen) atoms. The van der Waals surface area contributed by atoms with Crippen molar-refractivity contribution in [1.29, 1.82) is 0 Å². The summed E-state index contributed by atoms with van der Waals surface area (Å²) >= 11 is 0. The van der Waals surface area contributed by atoms with Gasteiger partial charge in [0.2, 0.25) is 0 Å². The molecule has 0 amide bonds. The summed E-state index contributed by atoms with van der Waals surface area (Å²) in [6.45, 7) is 0.872. The first-order chi connectivity index (χ1) is 13.0. The molecule has 2 N–H and O–H groups in total. The fourth-order valence-electron chi connectivity index (χ4n) is 3.41. The minimum atomic E-state index is -4.42. The number of aromatic nitrogens is 2. The van der Waals surface area contributed by atoms with Crippen molar-refractivity contribution in [3.63, 3.8) is 0 Å². The average Bonchev–Trinajstić information content (AvgIpc) is 3.39. The summed E-state index contributed by atoms with van der Waals surface area (Å²) in [5.41, 5.74) is 0.869. The van der Waals surface area contributed by atoms with Crippen molar-refractivity contribution < 1.29 is 22.6 Å². The number of nitrogens with zero attached hydrogens (tertiary/aromatic N) is 1. The first-order valence-electron chi connectivity index (χ1n) is 8.67. The summed E-state index contributed by atoms with van der Waals surface area (Å²) in [6, 6.07) is 8.14. The van der Waals surface area contributed by atoms with Crippen molar-refractivity contribution in [2.45, 2.75) is 24.9 Å². The van der Waals surface area contributed by atoms with Crippen LogP contribution in [-0.2, 0) is 6.18 Å². The molecule has 0 atom stereocenters. The summed E-state index contributed by atoms with van der Waals surface area (Å²) in [4.78, 5) is 7.02. The van der Waals surface area contributed by atoms with Crippen LogP contribution in [0.3, 0.4) is 0 Å². The van der Waals surface area contributed by atoms with Crippen molar-refractivity contribution in [3.05, 3.63) is 41.6 Å². The first kappa shape index (κ1) is 16.3. The molecule has 8 heteroatoms. The number of hydrogen-bond donors (Lipinski definition) is 2. The summed E-state index contributed by atoms with van der Waals surface area (Å²) in [5, 5.41) is 3.32. The third-order valence-corrected chi connectivity index (χ3v) is 4.75. The quantitative estimate of drug-likeness (QED) is 0.693. The maximum absolute atomic E-state index is 13.4. The number of rotatable bonds is 3. The lowest BCUT2D eigenvalue weighted by molar-refractivity contribution is -0.136. The number of pyridine rings is 1. The standard InChI is InChI=1S/C19H15F3N3O2/c20-19(21,22)12-9-23-18-16(12)11(10-4-5-10)8-15(25-18)24-13-2-1-3-14-17(13)27-7-6-26-14/h1-2,8-10H,4-7H2,(H2,23,24,25). The third-order valence-electron chi connectivity index (χ3n) is 4.75. The van der Waals surface area contributed by atoms with Gasteiger partial charge in [-0.05, 0) is 42.5 Å². The number of anilines is 2. The van der Waals surface area contributed by atoms with E-state index in [9.17, 15) is 13.2 Å². The number of hydrogen-bond acceptors (Lipinski definition) is 4. The van der Waals surface area contributed by atoms with Gasteiger partial charge in [0.25, 0.3) is 0 Å². The zero-order chi connectivity index (χ0) is 18.6. The minimum absolute atomic E-state index is 0.130. The monoisotopic (exact) mass is 374 g/mol. The van der Waals surface area contributed by atoms with Gasteiger partial charge in [-0.25, -0.2) is 4.98 Å². The zero-order valence-corrected chi connectivity index (χ0v) is 14.1. The Hall–Kier alpha value is -2.90. The Morgan fingerprint density at radius 1 is 1.22 bits per heavy atom. The van der Waals surface area contributed by atoms with Crippen LogP contribution in [-0.4, -0.2) is 23.2 Å².